The van der Waals surface area contributed by atoms with Crippen LogP contribution >= 0.6 is 11.6 Å². The first kappa shape index (κ1) is 4.65. The zero-order valence-corrected chi connectivity index (χ0v) is 4.07. The largest absolute Gasteiger partial charge is 0.439 e. The first-order valence-electron chi connectivity index (χ1n) is 1.69. The predicted octanol–water partition coefficient (Wildman–Crippen LogP) is 2.07. The van der Waals surface area contributed by atoms with Gasteiger partial charge < -0.3 is 4.42 Å². The quantitative estimate of drug-likeness (QED) is 0.511. The molecule has 1 aromatic rings. The highest BCUT2D eigenvalue weighted by molar-refractivity contribution is 6.30. The van der Waals surface area contributed by atoms with Gasteiger partial charge in [-0.05, 0) is 6.07 Å². The first-order chi connectivity index (χ1) is 3.30. The molecule has 1 nitrogen and oxygen atoms in total. The minimum absolute atomic E-state index is 0.0278. The van der Waals surface area contributed by atoms with E-state index < -0.39 is 6.01 Å². The summed E-state index contributed by atoms with van der Waals surface area (Å²) in [6, 6.07) is 0.623. The number of halogens is 2. The van der Waals surface area contributed by atoms with Gasteiger partial charge in [-0.3, -0.25) is 0 Å². The van der Waals surface area contributed by atoms with E-state index in [1.807, 2.05) is 0 Å². The molecule has 1 aromatic heterocycles. The molecule has 1 rings (SSSR count). The third kappa shape index (κ3) is 0.747. The van der Waals surface area contributed by atoms with Crippen LogP contribution in [0.2, 0.25) is 5.02 Å². The van der Waals surface area contributed by atoms with E-state index >= 15 is 0 Å². The molecule has 0 aliphatic carbocycles. The van der Waals surface area contributed by atoms with Gasteiger partial charge in [0.1, 0.15) is 5.02 Å². The summed E-state index contributed by atoms with van der Waals surface area (Å²) in [5.74, 6) is 0. The molecule has 1 heterocycles. The monoisotopic (exact) mass is 120 g/mol. The van der Waals surface area contributed by atoms with Crippen molar-refractivity contribution in [3.05, 3.63) is 23.4 Å². The minimum Gasteiger partial charge on any atom is -0.439 e. The molecular weight excluding hydrogens is 118 g/mol. The van der Waals surface area contributed by atoms with Crippen LogP contribution in [0.1, 0.15) is 0 Å². The smallest absolute Gasteiger partial charge is 0.296 e. The summed E-state index contributed by atoms with van der Waals surface area (Å²) in [6.07, 6.45) is 1.19. The van der Waals surface area contributed by atoms with Crippen LogP contribution in [0.4, 0.5) is 4.39 Å². The molecule has 0 radical (unpaired) electrons. The molecule has 3 heteroatoms. The predicted molar refractivity (Wildman–Crippen MR) is 23.7 cm³/mol. The standard InChI is InChI=1S/C4H2ClFO/c5-3-1-2-7-4(3)6/h1-2H. The van der Waals surface area contributed by atoms with Crippen molar-refractivity contribution >= 4 is 11.6 Å². The fourth-order valence-corrected chi connectivity index (χ4v) is 0.371. The molecular formula is C4H2ClFO. The van der Waals surface area contributed by atoms with Gasteiger partial charge in [-0.15, -0.1) is 0 Å². The summed E-state index contributed by atoms with van der Waals surface area (Å²) in [4.78, 5) is 0. The highest BCUT2D eigenvalue weighted by atomic mass is 35.5. The van der Waals surface area contributed by atoms with Crippen molar-refractivity contribution in [1.82, 2.24) is 0 Å². The number of furan rings is 1. The fourth-order valence-electron chi connectivity index (χ4n) is 0.275. The Bertz CT molecular complexity index is 144. The SMILES string of the molecule is Fc1occc1Cl. The van der Waals surface area contributed by atoms with Crippen molar-refractivity contribution in [2.24, 2.45) is 0 Å². The minimum atomic E-state index is -0.721. The average Bonchev–Trinajstić information content (AvgIpc) is 1.91. The third-order valence-corrected chi connectivity index (χ3v) is 0.848. The molecule has 0 saturated carbocycles. The molecule has 0 aliphatic rings. The third-order valence-electron chi connectivity index (χ3n) is 0.574. The van der Waals surface area contributed by atoms with Gasteiger partial charge in [-0.2, -0.15) is 4.39 Å². The molecule has 0 aromatic carbocycles. The summed E-state index contributed by atoms with van der Waals surface area (Å²) >= 11 is 5.16. The van der Waals surface area contributed by atoms with E-state index in [4.69, 9.17) is 11.6 Å². The van der Waals surface area contributed by atoms with E-state index in [0.29, 0.717) is 0 Å². The molecule has 0 fully saturated rings. The van der Waals surface area contributed by atoms with E-state index in [2.05, 4.69) is 4.42 Å². The Morgan fingerprint density at radius 2 is 2.43 bits per heavy atom. The lowest BCUT2D eigenvalue weighted by Crippen LogP contribution is -1.57. The summed E-state index contributed by atoms with van der Waals surface area (Å²) in [7, 11) is 0. The molecule has 0 aliphatic heterocycles. The number of hydrogen-bond donors (Lipinski definition) is 0. The van der Waals surface area contributed by atoms with Gasteiger partial charge in [0.15, 0.2) is 0 Å². The van der Waals surface area contributed by atoms with Crippen LogP contribution in [0.3, 0.4) is 0 Å². The van der Waals surface area contributed by atoms with Crippen molar-refractivity contribution < 1.29 is 8.81 Å². The maximum Gasteiger partial charge on any atom is 0.296 e. The molecule has 0 unspecified atom stereocenters. The second-order valence-corrected chi connectivity index (χ2v) is 1.45. The second-order valence-electron chi connectivity index (χ2n) is 1.04. The molecule has 7 heavy (non-hydrogen) atoms. The van der Waals surface area contributed by atoms with E-state index in [0.717, 1.165) is 0 Å². The summed E-state index contributed by atoms with van der Waals surface area (Å²) < 4.78 is 15.9. The van der Waals surface area contributed by atoms with Gasteiger partial charge in [-0.1, -0.05) is 11.6 Å². The van der Waals surface area contributed by atoms with Crippen LogP contribution in [0.25, 0.3) is 0 Å². The Balaban J connectivity index is 3.12. The van der Waals surface area contributed by atoms with Gasteiger partial charge >= 0.3 is 0 Å². The lowest BCUT2D eigenvalue weighted by molar-refractivity contribution is 0.359. The molecule has 0 bridgehead atoms. The van der Waals surface area contributed by atoms with Gasteiger partial charge in [0.2, 0.25) is 0 Å². The molecule has 0 saturated heterocycles. The Hall–Kier alpha value is -0.500. The van der Waals surface area contributed by atoms with E-state index in [9.17, 15) is 4.39 Å². The summed E-state index contributed by atoms with van der Waals surface area (Å²) in [6.45, 7) is 0. The maximum atomic E-state index is 11.8. The van der Waals surface area contributed by atoms with Crippen LogP contribution in [0.15, 0.2) is 16.7 Å². The topological polar surface area (TPSA) is 13.1 Å². The van der Waals surface area contributed by atoms with Crippen LogP contribution in [-0.4, -0.2) is 0 Å². The van der Waals surface area contributed by atoms with Crippen LogP contribution in [-0.2, 0) is 0 Å². The van der Waals surface area contributed by atoms with E-state index in [-0.39, 0.29) is 5.02 Å². The van der Waals surface area contributed by atoms with Gasteiger partial charge in [-0.25, -0.2) is 0 Å². The van der Waals surface area contributed by atoms with Crippen LogP contribution in [0.5, 0.6) is 0 Å². The number of hydrogen-bond acceptors (Lipinski definition) is 1. The lowest BCUT2D eigenvalue weighted by Gasteiger charge is -1.71. The molecule has 0 spiro atoms. The van der Waals surface area contributed by atoms with Gasteiger partial charge in [0, 0.05) is 0 Å². The van der Waals surface area contributed by atoms with Crippen molar-refractivity contribution in [1.29, 1.82) is 0 Å². The molecule has 38 valence electrons. The maximum absolute atomic E-state index is 11.8. The average molecular weight is 121 g/mol. The zero-order valence-electron chi connectivity index (χ0n) is 3.32. The summed E-state index contributed by atoms with van der Waals surface area (Å²) in [5.41, 5.74) is 0. The van der Waals surface area contributed by atoms with Crippen LogP contribution in [0, 0.1) is 6.01 Å². The lowest BCUT2D eigenvalue weighted by atomic mass is 10.7. The molecule has 0 N–H and O–H groups in total. The first-order valence-corrected chi connectivity index (χ1v) is 2.07. The Kier molecular flexibility index (Phi) is 1.02. The normalized spacial score (nSPS) is 9.43. The van der Waals surface area contributed by atoms with E-state index in [1.165, 1.54) is 12.3 Å². The zero-order chi connectivity index (χ0) is 5.28. The van der Waals surface area contributed by atoms with Crippen molar-refractivity contribution in [3.63, 3.8) is 0 Å². The van der Waals surface area contributed by atoms with Crippen LogP contribution < -0.4 is 0 Å². The highest BCUT2D eigenvalue weighted by Gasteiger charge is 1.97. The van der Waals surface area contributed by atoms with Gasteiger partial charge in [0.05, 0.1) is 6.26 Å². The van der Waals surface area contributed by atoms with Crippen molar-refractivity contribution in [2.75, 3.05) is 0 Å². The Morgan fingerprint density at radius 3 is 2.57 bits per heavy atom. The van der Waals surface area contributed by atoms with Crippen molar-refractivity contribution in [3.8, 4) is 0 Å². The van der Waals surface area contributed by atoms with Gasteiger partial charge in [0.25, 0.3) is 6.01 Å². The number of rotatable bonds is 0. The highest BCUT2D eigenvalue weighted by Crippen LogP contribution is 2.12. The Labute approximate surface area is 44.7 Å². The fraction of sp³-hybridized carbons (Fsp3) is 0. The van der Waals surface area contributed by atoms with E-state index in [1.54, 1.807) is 0 Å². The summed E-state index contributed by atoms with van der Waals surface area (Å²) in [5, 5.41) is 0.0278. The second kappa shape index (κ2) is 1.54. The Morgan fingerprint density at radius 1 is 1.71 bits per heavy atom. The van der Waals surface area contributed by atoms with Crippen molar-refractivity contribution in [2.45, 2.75) is 0 Å². The molecule has 0 amide bonds. The molecule has 0 atom stereocenters.